The van der Waals surface area contributed by atoms with Gasteiger partial charge in [0.05, 0.1) is 30.0 Å². The highest BCUT2D eigenvalue weighted by atomic mass is 16.5. The van der Waals surface area contributed by atoms with E-state index in [9.17, 15) is 4.79 Å². The summed E-state index contributed by atoms with van der Waals surface area (Å²) < 4.78 is 13.2. The molecule has 0 N–H and O–H groups in total. The summed E-state index contributed by atoms with van der Waals surface area (Å²) in [7, 11) is 1.40. The van der Waals surface area contributed by atoms with E-state index in [-0.39, 0.29) is 5.97 Å². The first-order chi connectivity index (χ1) is 15.5. The molecule has 0 bridgehead atoms. The number of nitrogens with zero attached hydrogens (tertiary/aromatic N) is 2. The lowest BCUT2D eigenvalue weighted by molar-refractivity contribution is 0.0600. The SMILES string of the molecule is COC(=O)c1ccc2c(c1)C(=CCn1cnc3cc(C)c(C)cc31)c1ccccc1OC2. The van der Waals surface area contributed by atoms with Gasteiger partial charge in [0.2, 0.25) is 0 Å². The highest BCUT2D eigenvalue weighted by Crippen LogP contribution is 2.37. The molecule has 0 saturated carbocycles. The molecule has 4 aromatic rings. The summed E-state index contributed by atoms with van der Waals surface area (Å²) in [4.78, 5) is 16.8. The molecule has 3 aromatic carbocycles. The maximum absolute atomic E-state index is 12.2. The third kappa shape index (κ3) is 3.46. The number of benzene rings is 3. The summed E-state index contributed by atoms with van der Waals surface area (Å²) in [5.74, 6) is 0.480. The van der Waals surface area contributed by atoms with Crippen molar-refractivity contribution < 1.29 is 14.3 Å². The van der Waals surface area contributed by atoms with Crippen LogP contribution in [0.4, 0.5) is 0 Å². The first-order valence-corrected chi connectivity index (χ1v) is 10.6. The maximum Gasteiger partial charge on any atom is 0.337 e. The summed E-state index contributed by atoms with van der Waals surface area (Å²) in [5.41, 5.74) is 9.14. The molecule has 1 aliphatic rings. The van der Waals surface area contributed by atoms with Gasteiger partial charge in [0, 0.05) is 12.1 Å². The van der Waals surface area contributed by atoms with Crippen molar-refractivity contribution in [2.75, 3.05) is 7.11 Å². The number of carbonyl (C=O) groups is 1. The lowest BCUT2D eigenvalue weighted by Gasteiger charge is -2.12. The molecule has 1 aromatic heterocycles. The number of esters is 1. The Labute approximate surface area is 186 Å². The van der Waals surface area contributed by atoms with Crippen LogP contribution >= 0.6 is 0 Å². The molecule has 0 radical (unpaired) electrons. The predicted octanol–water partition coefficient (Wildman–Crippen LogP) is 5.46. The van der Waals surface area contributed by atoms with E-state index < -0.39 is 0 Å². The first-order valence-electron chi connectivity index (χ1n) is 10.6. The second-order valence-electron chi connectivity index (χ2n) is 8.09. The Balaban J connectivity index is 1.65. The van der Waals surface area contributed by atoms with Crippen molar-refractivity contribution in [2.45, 2.75) is 27.0 Å². The van der Waals surface area contributed by atoms with Crippen LogP contribution in [0.25, 0.3) is 16.6 Å². The highest BCUT2D eigenvalue weighted by molar-refractivity contribution is 5.93. The largest absolute Gasteiger partial charge is 0.488 e. The number of fused-ring (bicyclic) bond motifs is 3. The number of rotatable bonds is 3. The molecule has 32 heavy (non-hydrogen) atoms. The second-order valence-corrected chi connectivity index (χ2v) is 8.09. The molecular formula is C27H24N2O3. The number of para-hydroxylation sites is 1. The van der Waals surface area contributed by atoms with Gasteiger partial charge in [0.25, 0.3) is 0 Å². The number of imidazole rings is 1. The van der Waals surface area contributed by atoms with Crippen LogP contribution in [0.15, 0.2) is 67.0 Å². The summed E-state index contributed by atoms with van der Waals surface area (Å²) >= 11 is 0. The fourth-order valence-corrected chi connectivity index (χ4v) is 4.18. The number of ether oxygens (including phenoxy) is 2. The minimum absolute atomic E-state index is 0.350. The summed E-state index contributed by atoms with van der Waals surface area (Å²) in [6.45, 7) is 5.31. The van der Waals surface area contributed by atoms with Crippen LogP contribution in [0, 0.1) is 13.8 Å². The first kappa shape index (κ1) is 20.1. The minimum Gasteiger partial charge on any atom is -0.488 e. The average molecular weight is 425 g/mol. The lowest BCUT2D eigenvalue weighted by Crippen LogP contribution is -2.04. The Morgan fingerprint density at radius 1 is 1.09 bits per heavy atom. The van der Waals surface area contributed by atoms with Gasteiger partial charge in [-0.1, -0.05) is 30.3 Å². The smallest absolute Gasteiger partial charge is 0.337 e. The number of allylic oxidation sites excluding steroid dienone is 1. The molecule has 0 fully saturated rings. The zero-order valence-electron chi connectivity index (χ0n) is 18.4. The quantitative estimate of drug-likeness (QED) is 0.410. The normalized spacial score (nSPS) is 13.9. The topological polar surface area (TPSA) is 53.4 Å². The molecule has 0 unspecified atom stereocenters. The third-order valence-electron chi connectivity index (χ3n) is 6.11. The van der Waals surface area contributed by atoms with Gasteiger partial charge in [0.15, 0.2) is 0 Å². The molecule has 0 amide bonds. The van der Waals surface area contributed by atoms with Gasteiger partial charge in [-0.25, -0.2) is 9.78 Å². The molecule has 0 saturated heterocycles. The Kier molecular flexibility index (Phi) is 5.02. The van der Waals surface area contributed by atoms with Crippen molar-refractivity contribution in [3.05, 3.63) is 100 Å². The number of aryl methyl sites for hydroxylation is 2. The zero-order chi connectivity index (χ0) is 22.2. The van der Waals surface area contributed by atoms with E-state index >= 15 is 0 Å². The Hall–Kier alpha value is -3.86. The molecule has 2 heterocycles. The highest BCUT2D eigenvalue weighted by Gasteiger charge is 2.21. The van der Waals surface area contributed by atoms with Gasteiger partial charge in [-0.2, -0.15) is 0 Å². The van der Waals surface area contributed by atoms with E-state index in [1.165, 1.54) is 18.2 Å². The van der Waals surface area contributed by atoms with Crippen molar-refractivity contribution in [1.82, 2.24) is 9.55 Å². The maximum atomic E-state index is 12.2. The number of carbonyl (C=O) groups excluding carboxylic acids is 1. The van der Waals surface area contributed by atoms with Crippen LogP contribution in [-0.4, -0.2) is 22.6 Å². The Morgan fingerprint density at radius 2 is 1.91 bits per heavy atom. The number of aromatic nitrogens is 2. The molecule has 5 heteroatoms. The van der Waals surface area contributed by atoms with Crippen LogP contribution in [0.1, 0.15) is 38.2 Å². The van der Waals surface area contributed by atoms with Crippen molar-refractivity contribution in [2.24, 2.45) is 0 Å². The van der Waals surface area contributed by atoms with Gasteiger partial charge in [0.1, 0.15) is 12.4 Å². The molecule has 160 valence electrons. The Bertz CT molecular complexity index is 1380. The van der Waals surface area contributed by atoms with E-state index in [0.717, 1.165) is 39.0 Å². The van der Waals surface area contributed by atoms with Crippen LogP contribution < -0.4 is 4.74 Å². The molecular weight excluding hydrogens is 400 g/mol. The monoisotopic (exact) mass is 424 g/mol. The Morgan fingerprint density at radius 3 is 2.75 bits per heavy atom. The van der Waals surface area contributed by atoms with Crippen molar-refractivity contribution in [3.8, 4) is 5.75 Å². The van der Waals surface area contributed by atoms with Gasteiger partial charge < -0.3 is 14.0 Å². The standard InChI is InChI=1S/C27H24N2O3/c1-17-12-24-25(13-18(17)2)29(16-28-24)11-10-21-22-6-4-5-7-26(22)32-15-20-9-8-19(14-23(20)21)27(30)31-3/h4-10,12-14,16H,11,15H2,1-3H3. The summed E-state index contributed by atoms with van der Waals surface area (Å²) in [5, 5.41) is 0. The van der Waals surface area contributed by atoms with Crippen LogP contribution in [0.5, 0.6) is 5.75 Å². The fourth-order valence-electron chi connectivity index (χ4n) is 4.18. The molecule has 0 atom stereocenters. The second kappa shape index (κ2) is 8.00. The van der Waals surface area contributed by atoms with Gasteiger partial charge >= 0.3 is 5.97 Å². The van der Waals surface area contributed by atoms with Crippen LogP contribution in [-0.2, 0) is 17.9 Å². The van der Waals surface area contributed by atoms with Crippen molar-refractivity contribution in [3.63, 3.8) is 0 Å². The van der Waals surface area contributed by atoms with E-state index in [1.54, 1.807) is 6.07 Å². The summed E-state index contributed by atoms with van der Waals surface area (Å²) in [6, 6.07) is 18.0. The third-order valence-corrected chi connectivity index (χ3v) is 6.11. The minimum atomic E-state index is -0.350. The average Bonchev–Trinajstić information content (AvgIpc) is 3.11. The van der Waals surface area contributed by atoms with E-state index in [1.807, 2.05) is 36.7 Å². The van der Waals surface area contributed by atoms with E-state index in [4.69, 9.17) is 9.47 Å². The molecule has 5 nitrogen and oxygen atoms in total. The molecule has 5 rings (SSSR count). The lowest BCUT2D eigenvalue weighted by atomic mass is 9.92. The van der Waals surface area contributed by atoms with Crippen molar-refractivity contribution >= 4 is 22.6 Å². The van der Waals surface area contributed by atoms with Gasteiger partial charge in [-0.3, -0.25) is 0 Å². The van der Waals surface area contributed by atoms with E-state index in [2.05, 4.69) is 47.7 Å². The predicted molar refractivity (Wildman–Crippen MR) is 125 cm³/mol. The van der Waals surface area contributed by atoms with Gasteiger partial charge in [-0.15, -0.1) is 0 Å². The van der Waals surface area contributed by atoms with E-state index in [0.29, 0.717) is 18.7 Å². The van der Waals surface area contributed by atoms with Crippen LogP contribution in [0.2, 0.25) is 0 Å². The fraction of sp³-hybridized carbons (Fsp3) is 0.185. The van der Waals surface area contributed by atoms with Crippen LogP contribution in [0.3, 0.4) is 0 Å². The molecule has 1 aliphatic heterocycles. The van der Waals surface area contributed by atoms with Crippen molar-refractivity contribution in [1.29, 1.82) is 0 Å². The molecule has 0 aliphatic carbocycles. The van der Waals surface area contributed by atoms with Gasteiger partial charge in [-0.05, 0) is 72.0 Å². The molecule has 0 spiro atoms. The number of methoxy groups -OCH3 is 1. The zero-order valence-corrected chi connectivity index (χ0v) is 18.4. The summed E-state index contributed by atoms with van der Waals surface area (Å²) in [6.07, 6.45) is 4.06. The number of hydrogen-bond donors (Lipinski definition) is 0. The number of hydrogen-bond acceptors (Lipinski definition) is 4.